The van der Waals surface area contributed by atoms with Crippen LogP contribution in [0.25, 0.3) is 0 Å². The van der Waals surface area contributed by atoms with Crippen molar-refractivity contribution < 1.29 is 9.53 Å². The molecule has 4 N–H and O–H groups in total. The van der Waals surface area contributed by atoms with E-state index in [2.05, 4.69) is 13.8 Å². The van der Waals surface area contributed by atoms with Gasteiger partial charge in [0.1, 0.15) is 0 Å². The fraction of sp³-hybridized carbons (Fsp3) is 0.929. The van der Waals surface area contributed by atoms with Crippen molar-refractivity contribution in [3.63, 3.8) is 0 Å². The van der Waals surface area contributed by atoms with Gasteiger partial charge in [0.25, 0.3) is 0 Å². The van der Waals surface area contributed by atoms with Gasteiger partial charge in [-0.3, -0.25) is 4.79 Å². The smallest absolute Gasteiger partial charge is 0.237 e. The van der Waals surface area contributed by atoms with Gasteiger partial charge in [0.05, 0.1) is 17.7 Å². The van der Waals surface area contributed by atoms with Gasteiger partial charge in [0.15, 0.2) is 0 Å². The summed E-state index contributed by atoms with van der Waals surface area (Å²) in [5.41, 5.74) is 10.5. The van der Waals surface area contributed by atoms with Gasteiger partial charge in [0, 0.05) is 6.42 Å². The topological polar surface area (TPSA) is 78.3 Å². The lowest BCUT2D eigenvalue weighted by atomic mass is 9.80. The zero-order valence-corrected chi connectivity index (χ0v) is 11.5. The van der Waals surface area contributed by atoms with Crippen LogP contribution in [0.1, 0.15) is 52.4 Å². The number of nitrogens with two attached hydrogens (primary N) is 2. The highest BCUT2D eigenvalue weighted by Crippen LogP contribution is 2.35. The monoisotopic (exact) mass is 254 g/mol. The predicted octanol–water partition coefficient (Wildman–Crippen LogP) is 1.56. The Morgan fingerprint density at radius 3 is 2.44 bits per heavy atom. The zero-order chi connectivity index (χ0) is 13.3. The molecule has 18 heavy (non-hydrogen) atoms. The van der Waals surface area contributed by atoms with E-state index >= 15 is 0 Å². The lowest BCUT2D eigenvalue weighted by Crippen LogP contribution is -2.50. The Bertz CT molecular complexity index is 321. The van der Waals surface area contributed by atoms with Crippen LogP contribution in [0, 0.1) is 11.8 Å². The summed E-state index contributed by atoms with van der Waals surface area (Å²) < 4.78 is 6.13. The summed E-state index contributed by atoms with van der Waals surface area (Å²) in [7, 11) is 0. The van der Waals surface area contributed by atoms with Gasteiger partial charge in [0.2, 0.25) is 5.91 Å². The zero-order valence-electron chi connectivity index (χ0n) is 11.5. The highest BCUT2D eigenvalue weighted by Gasteiger charge is 2.42. The molecule has 0 aliphatic heterocycles. The van der Waals surface area contributed by atoms with E-state index in [-0.39, 0.29) is 12.0 Å². The molecule has 0 saturated heterocycles. The van der Waals surface area contributed by atoms with Crippen molar-refractivity contribution in [1.29, 1.82) is 0 Å². The third-order valence-corrected chi connectivity index (χ3v) is 4.93. The first-order valence-corrected chi connectivity index (χ1v) is 7.15. The molecule has 0 aromatic rings. The fourth-order valence-electron chi connectivity index (χ4n) is 3.26. The van der Waals surface area contributed by atoms with Crippen LogP contribution in [0.4, 0.5) is 0 Å². The minimum absolute atomic E-state index is 0.119. The van der Waals surface area contributed by atoms with Gasteiger partial charge in [-0.1, -0.05) is 13.8 Å². The van der Waals surface area contributed by atoms with E-state index in [1.54, 1.807) is 0 Å². The number of hydrogen-bond donors (Lipinski definition) is 2. The molecule has 104 valence electrons. The van der Waals surface area contributed by atoms with Gasteiger partial charge in [-0.15, -0.1) is 0 Å². The van der Waals surface area contributed by atoms with E-state index in [9.17, 15) is 4.79 Å². The minimum atomic E-state index is -0.835. The number of primary amides is 1. The van der Waals surface area contributed by atoms with Crippen LogP contribution >= 0.6 is 0 Å². The van der Waals surface area contributed by atoms with Gasteiger partial charge < -0.3 is 16.2 Å². The molecule has 2 aliphatic carbocycles. The quantitative estimate of drug-likeness (QED) is 0.802. The summed E-state index contributed by atoms with van der Waals surface area (Å²) in [6.45, 7) is 4.61. The third-order valence-electron chi connectivity index (χ3n) is 4.93. The van der Waals surface area contributed by atoms with E-state index in [1.165, 1.54) is 6.42 Å². The molecule has 1 amide bonds. The van der Waals surface area contributed by atoms with Crippen molar-refractivity contribution in [2.45, 2.75) is 70.1 Å². The summed E-state index contributed by atoms with van der Waals surface area (Å²) in [5, 5.41) is 0. The molecule has 2 saturated carbocycles. The number of carbonyl (C=O) groups is 1. The molecule has 2 fully saturated rings. The molecular weight excluding hydrogens is 228 g/mol. The maximum absolute atomic E-state index is 11.3. The van der Waals surface area contributed by atoms with Crippen molar-refractivity contribution >= 4 is 5.91 Å². The standard InChI is InChI=1S/C14H26N2O2/c1-9-3-4-11(7-10(9)2)18-12-5-6-14(16,8-12)13(15)17/h9-12H,3-8,16H2,1-2H3,(H2,15,17). The van der Waals surface area contributed by atoms with Crippen LogP contribution in [0.3, 0.4) is 0 Å². The van der Waals surface area contributed by atoms with Crippen LogP contribution in [-0.4, -0.2) is 23.7 Å². The first-order valence-electron chi connectivity index (χ1n) is 7.15. The van der Waals surface area contributed by atoms with E-state index < -0.39 is 5.54 Å². The maximum atomic E-state index is 11.3. The van der Waals surface area contributed by atoms with Gasteiger partial charge in [-0.25, -0.2) is 0 Å². The van der Waals surface area contributed by atoms with Crippen molar-refractivity contribution in [2.24, 2.45) is 23.3 Å². The molecule has 0 spiro atoms. The van der Waals surface area contributed by atoms with Gasteiger partial charge in [-0.2, -0.15) is 0 Å². The van der Waals surface area contributed by atoms with Crippen LogP contribution in [0.15, 0.2) is 0 Å². The molecule has 2 aliphatic rings. The van der Waals surface area contributed by atoms with Crippen LogP contribution in [0.5, 0.6) is 0 Å². The van der Waals surface area contributed by atoms with Crippen LogP contribution < -0.4 is 11.5 Å². The minimum Gasteiger partial charge on any atom is -0.375 e. The number of ether oxygens (including phenoxy) is 1. The Hall–Kier alpha value is -0.610. The van der Waals surface area contributed by atoms with Gasteiger partial charge >= 0.3 is 0 Å². The molecule has 5 atom stereocenters. The summed E-state index contributed by atoms with van der Waals surface area (Å²) in [5.74, 6) is 1.14. The summed E-state index contributed by atoms with van der Waals surface area (Å²) >= 11 is 0. The summed E-state index contributed by atoms with van der Waals surface area (Å²) in [6.07, 6.45) is 6.07. The number of rotatable bonds is 3. The van der Waals surface area contributed by atoms with Crippen LogP contribution in [0.2, 0.25) is 0 Å². The van der Waals surface area contributed by atoms with Crippen molar-refractivity contribution in [3.8, 4) is 0 Å². The SMILES string of the molecule is CC1CCC(OC2CCC(N)(C(N)=O)C2)CC1C. The Kier molecular flexibility index (Phi) is 3.97. The molecule has 5 unspecified atom stereocenters. The fourth-order valence-corrected chi connectivity index (χ4v) is 3.26. The van der Waals surface area contributed by atoms with Crippen molar-refractivity contribution in [3.05, 3.63) is 0 Å². The van der Waals surface area contributed by atoms with E-state index in [0.29, 0.717) is 18.9 Å². The molecule has 0 heterocycles. The molecular formula is C14H26N2O2. The van der Waals surface area contributed by atoms with Gasteiger partial charge in [-0.05, 0) is 43.9 Å². The lowest BCUT2D eigenvalue weighted by molar-refractivity contribution is -0.123. The molecule has 0 aromatic carbocycles. The number of hydrogen-bond acceptors (Lipinski definition) is 3. The van der Waals surface area contributed by atoms with Crippen molar-refractivity contribution in [1.82, 2.24) is 0 Å². The third kappa shape index (κ3) is 2.86. The van der Waals surface area contributed by atoms with E-state index in [0.717, 1.165) is 31.1 Å². The highest BCUT2D eigenvalue weighted by atomic mass is 16.5. The highest BCUT2D eigenvalue weighted by molar-refractivity contribution is 5.84. The molecule has 0 radical (unpaired) electrons. The van der Waals surface area contributed by atoms with Crippen LogP contribution in [-0.2, 0) is 9.53 Å². The lowest BCUT2D eigenvalue weighted by Gasteiger charge is -2.33. The van der Waals surface area contributed by atoms with E-state index in [1.807, 2.05) is 0 Å². The first-order chi connectivity index (χ1) is 8.40. The molecule has 4 nitrogen and oxygen atoms in total. The maximum Gasteiger partial charge on any atom is 0.237 e. The normalized spacial score (nSPS) is 45.1. The Labute approximate surface area is 109 Å². The second-order valence-electron chi connectivity index (χ2n) is 6.41. The molecule has 0 aromatic heterocycles. The first kappa shape index (κ1) is 13.8. The Balaban J connectivity index is 1.83. The average Bonchev–Trinajstić information content (AvgIpc) is 2.67. The van der Waals surface area contributed by atoms with E-state index in [4.69, 9.17) is 16.2 Å². The largest absolute Gasteiger partial charge is 0.375 e. The second kappa shape index (κ2) is 5.17. The summed E-state index contributed by atoms with van der Waals surface area (Å²) in [6, 6.07) is 0. The Morgan fingerprint density at radius 1 is 1.17 bits per heavy atom. The number of carbonyl (C=O) groups excluding carboxylic acids is 1. The molecule has 0 bridgehead atoms. The molecule has 4 heteroatoms. The Morgan fingerprint density at radius 2 is 1.89 bits per heavy atom. The molecule has 2 rings (SSSR count). The summed E-state index contributed by atoms with van der Waals surface area (Å²) in [4.78, 5) is 11.3. The predicted molar refractivity (Wildman–Crippen MR) is 70.8 cm³/mol. The number of amides is 1. The second-order valence-corrected chi connectivity index (χ2v) is 6.41. The van der Waals surface area contributed by atoms with Crippen molar-refractivity contribution in [2.75, 3.05) is 0 Å². The average molecular weight is 254 g/mol.